The summed E-state index contributed by atoms with van der Waals surface area (Å²) in [4.78, 5) is 25.5. The van der Waals surface area contributed by atoms with Crippen LogP contribution in [0.1, 0.15) is 12.6 Å². The van der Waals surface area contributed by atoms with Gasteiger partial charge in [0.25, 0.3) is 0 Å². The number of azide groups is 1. The number of nitrogen functional groups attached to an aromatic ring is 1. The number of nitrogens with zero attached hydrogens (tertiary/aromatic N) is 7. The van der Waals surface area contributed by atoms with E-state index in [0.29, 0.717) is 11.5 Å². The molecule has 0 bridgehead atoms. The molecule has 1 aliphatic rings. The Bertz CT molecular complexity index is 981. The van der Waals surface area contributed by atoms with Crippen molar-refractivity contribution in [2.75, 3.05) is 23.5 Å². The number of aromatic nitrogens is 4. The summed E-state index contributed by atoms with van der Waals surface area (Å²) in [6.45, 7) is 0. The van der Waals surface area contributed by atoms with Gasteiger partial charge >= 0.3 is 0 Å². The van der Waals surface area contributed by atoms with E-state index in [0.717, 1.165) is 0 Å². The number of carboxylic acids is 1. The second-order valence-corrected chi connectivity index (χ2v) is 9.12. The van der Waals surface area contributed by atoms with Gasteiger partial charge in [0, 0.05) is 17.4 Å². The normalized spacial score (nSPS) is 25.7. The van der Waals surface area contributed by atoms with Crippen LogP contribution < -0.4 is 16.6 Å². The third kappa shape index (κ3) is 4.26. The highest BCUT2D eigenvalue weighted by Crippen LogP contribution is 2.36. The predicted octanol–water partition coefficient (Wildman–Crippen LogP) is -2.32. The molecular weight excluding hydrogens is 418 g/mol. The zero-order valence-electron chi connectivity index (χ0n) is 15.9. The van der Waals surface area contributed by atoms with E-state index < -0.39 is 36.6 Å². The maximum Gasteiger partial charge on any atom is 0.201 e. The molecule has 0 spiro atoms. The molecular formula is C15H21N9O5S. The second-order valence-electron chi connectivity index (χ2n) is 6.82. The Labute approximate surface area is 172 Å². The quantitative estimate of drug-likeness (QED) is 0.148. The van der Waals surface area contributed by atoms with E-state index in [2.05, 4.69) is 25.0 Å². The number of fused-ring (bicyclic) bond motifs is 1. The van der Waals surface area contributed by atoms with Gasteiger partial charge in [0.1, 0.15) is 36.1 Å². The zero-order valence-corrected chi connectivity index (χ0v) is 16.7. The van der Waals surface area contributed by atoms with Crippen LogP contribution in [-0.2, 0) is 20.4 Å². The summed E-state index contributed by atoms with van der Waals surface area (Å²) in [6.07, 6.45) is -1.20. The van der Waals surface area contributed by atoms with Crippen LogP contribution in [0.3, 0.4) is 0 Å². The first-order valence-corrected chi connectivity index (χ1v) is 10.8. The number of carboxylic acid groups (broad SMARTS) is 1. The largest absolute Gasteiger partial charge is 0.548 e. The van der Waals surface area contributed by atoms with Gasteiger partial charge in [-0.25, -0.2) is 15.0 Å². The predicted molar refractivity (Wildman–Crippen MR) is 105 cm³/mol. The van der Waals surface area contributed by atoms with Crippen LogP contribution in [0, 0.1) is 0 Å². The summed E-state index contributed by atoms with van der Waals surface area (Å²) >= 11 is 0. The van der Waals surface area contributed by atoms with Gasteiger partial charge in [-0.05, 0) is 21.5 Å². The lowest BCUT2D eigenvalue weighted by Gasteiger charge is -2.18. The molecule has 14 nitrogen and oxygen atoms in total. The highest BCUT2D eigenvalue weighted by Gasteiger charge is 2.47. The van der Waals surface area contributed by atoms with E-state index >= 15 is 0 Å². The summed E-state index contributed by atoms with van der Waals surface area (Å²) in [5.41, 5.74) is 20.5. The van der Waals surface area contributed by atoms with Crippen LogP contribution >= 0.6 is 0 Å². The number of rotatable bonds is 8. The van der Waals surface area contributed by atoms with Crippen molar-refractivity contribution in [3.05, 3.63) is 16.8 Å². The fourth-order valence-electron chi connectivity index (χ4n) is 3.15. The van der Waals surface area contributed by atoms with E-state index in [1.807, 2.05) is 6.26 Å². The van der Waals surface area contributed by atoms with Gasteiger partial charge in [-0.15, -0.1) is 0 Å². The fraction of sp³-hybridized carbons (Fsp3) is 0.600. The maximum atomic E-state index is 10.7. The SMILES string of the molecule is C[S+](CC[C@H](N)C(=O)[O-])C[C@H]1O[C@@H](n2c(N=[N+]=[N-])nc3c(N)ncnc32)[C@H](O)[C@@H]1O. The number of aliphatic carboxylic acids is 1. The van der Waals surface area contributed by atoms with Crippen molar-refractivity contribution in [3.8, 4) is 0 Å². The minimum absolute atomic E-state index is 0.0529. The molecule has 162 valence electrons. The first kappa shape index (κ1) is 22.0. The lowest BCUT2D eigenvalue weighted by molar-refractivity contribution is -0.307. The molecule has 6 atom stereocenters. The van der Waals surface area contributed by atoms with E-state index in [4.69, 9.17) is 21.7 Å². The maximum absolute atomic E-state index is 10.7. The van der Waals surface area contributed by atoms with Gasteiger partial charge in [0.2, 0.25) is 5.95 Å². The minimum atomic E-state index is -1.36. The molecule has 2 aromatic rings. The van der Waals surface area contributed by atoms with Crippen molar-refractivity contribution in [2.24, 2.45) is 10.8 Å². The molecule has 0 saturated carbocycles. The molecule has 0 amide bonds. The molecule has 0 aliphatic carbocycles. The van der Waals surface area contributed by atoms with Crippen LogP contribution in [0.2, 0.25) is 0 Å². The van der Waals surface area contributed by atoms with Crippen molar-refractivity contribution >= 4 is 39.8 Å². The zero-order chi connectivity index (χ0) is 22.0. The third-order valence-electron chi connectivity index (χ3n) is 4.74. The van der Waals surface area contributed by atoms with Gasteiger partial charge in [-0.2, -0.15) is 0 Å². The smallest absolute Gasteiger partial charge is 0.201 e. The van der Waals surface area contributed by atoms with Crippen molar-refractivity contribution in [3.63, 3.8) is 0 Å². The second kappa shape index (κ2) is 8.99. The molecule has 3 heterocycles. The summed E-state index contributed by atoms with van der Waals surface area (Å²) in [5.74, 6) is -0.568. The van der Waals surface area contributed by atoms with Crippen LogP contribution in [0.4, 0.5) is 11.8 Å². The Kier molecular flexibility index (Phi) is 6.60. The Hall–Kier alpha value is -2.68. The first-order chi connectivity index (χ1) is 14.2. The van der Waals surface area contributed by atoms with Crippen LogP contribution in [0.25, 0.3) is 21.6 Å². The molecule has 1 fully saturated rings. The number of anilines is 1. The van der Waals surface area contributed by atoms with Crippen molar-refractivity contribution in [2.45, 2.75) is 37.0 Å². The number of hydrogen-bond donors (Lipinski definition) is 4. The number of carbonyl (C=O) groups is 1. The summed E-state index contributed by atoms with van der Waals surface area (Å²) in [5, 5.41) is 35.3. The molecule has 0 aromatic carbocycles. The Balaban J connectivity index is 1.82. The number of nitrogens with two attached hydrogens (primary N) is 2. The van der Waals surface area contributed by atoms with E-state index in [1.54, 1.807) is 0 Å². The summed E-state index contributed by atoms with van der Waals surface area (Å²) in [7, 11) is -0.354. The average molecular weight is 439 g/mol. The number of aliphatic hydroxyl groups is 2. The number of imidazole rings is 1. The number of ether oxygens (including phenoxy) is 1. The third-order valence-corrected chi connectivity index (χ3v) is 6.57. The number of carbonyl (C=O) groups excluding carboxylic acids is 1. The average Bonchev–Trinajstić information content (AvgIpc) is 3.19. The van der Waals surface area contributed by atoms with E-state index in [1.165, 1.54) is 10.9 Å². The highest BCUT2D eigenvalue weighted by atomic mass is 32.2. The molecule has 1 unspecified atom stereocenters. The lowest BCUT2D eigenvalue weighted by atomic mass is 10.1. The van der Waals surface area contributed by atoms with Gasteiger partial charge < -0.3 is 36.3 Å². The molecule has 1 saturated heterocycles. The van der Waals surface area contributed by atoms with Gasteiger partial charge in [-0.3, -0.25) is 4.57 Å². The summed E-state index contributed by atoms with van der Waals surface area (Å²) in [6, 6.07) is -1.07. The van der Waals surface area contributed by atoms with Gasteiger partial charge in [0.15, 0.2) is 23.2 Å². The van der Waals surface area contributed by atoms with Crippen molar-refractivity contribution in [1.82, 2.24) is 19.5 Å². The number of aliphatic hydroxyl groups excluding tert-OH is 2. The highest BCUT2D eigenvalue weighted by molar-refractivity contribution is 7.96. The monoisotopic (exact) mass is 439 g/mol. The van der Waals surface area contributed by atoms with Crippen molar-refractivity contribution in [1.29, 1.82) is 0 Å². The molecule has 6 N–H and O–H groups in total. The van der Waals surface area contributed by atoms with E-state index in [9.17, 15) is 20.1 Å². The Morgan fingerprint density at radius 2 is 2.23 bits per heavy atom. The van der Waals surface area contributed by atoms with Crippen LogP contribution in [-0.4, -0.2) is 77.8 Å². The molecule has 30 heavy (non-hydrogen) atoms. The number of hydrogen-bond acceptors (Lipinski definition) is 11. The van der Waals surface area contributed by atoms with Gasteiger partial charge in [0.05, 0.1) is 12.2 Å². The van der Waals surface area contributed by atoms with Gasteiger partial charge in [-0.1, -0.05) is 0 Å². The molecule has 2 aromatic heterocycles. The molecule has 1 aliphatic heterocycles. The Morgan fingerprint density at radius 1 is 1.50 bits per heavy atom. The molecule has 3 rings (SSSR count). The first-order valence-electron chi connectivity index (χ1n) is 8.85. The Morgan fingerprint density at radius 3 is 2.90 bits per heavy atom. The van der Waals surface area contributed by atoms with E-state index in [-0.39, 0.29) is 40.2 Å². The summed E-state index contributed by atoms with van der Waals surface area (Å²) < 4.78 is 7.14. The molecule has 0 radical (unpaired) electrons. The van der Waals surface area contributed by atoms with Crippen LogP contribution in [0.15, 0.2) is 11.4 Å². The lowest BCUT2D eigenvalue weighted by Crippen LogP contribution is -2.43. The standard InChI is InChI=1S/C15H21N9O5S/c1-30(3-2-6(16)14(27)28)4-7-9(25)10(26)13(29-7)24-12-8(11(17)19-5-20-12)21-15(24)22-23-18/h5-7,9-10,13,25-26H,2-4,16H2,1H3,(H2-,17,19,20,27,28)/t6-,7+,9+,10+,13+,30?/m0/s1. The minimum Gasteiger partial charge on any atom is -0.548 e. The fourth-order valence-corrected chi connectivity index (χ4v) is 4.81. The topological polar surface area (TPSA) is 234 Å². The molecule has 15 heteroatoms. The van der Waals surface area contributed by atoms with Crippen LogP contribution in [0.5, 0.6) is 0 Å². The van der Waals surface area contributed by atoms with Crippen molar-refractivity contribution < 1.29 is 24.9 Å².